The van der Waals surface area contributed by atoms with Gasteiger partial charge in [-0.3, -0.25) is 4.79 Å². The lowest BCUT2D eigenvalue weighted by molar-refractivity contribution is -0.145. The Hall–Kier alpha value is -1.06. The van der Waals surface area contributed by atoms with Gasteiger partial charge in [0.15, 0.2) is 0 Å². The Morgan fingerprint density at radius 3 is 2.50 bits per heavy atom. The van der Waals surface area contributed by atoms with Gasteiger partial charge in [-0.2, -0.15) is 0 Å². The summed E-state index contributed by atoms with van der Waals surface area (Å²) in [6, 6.07) is 7.90. The van der Waals surface area contributed by atoms with Crippen LogP contribution in [0.15, 0.2) is 24.3 Å². The van der Waals surface area contributed by atoms with Crippen molar-refractivity contribution in [1.29, 1.82) is 0 Å². The number of methoxy groups -OCH3 is 1. The highest BCUT2D eigenvalue weighted by Crippen LogP contribution is 2.10. The van der Waals surface area contributed by atoms with Gasteiger partial charge in [0.2, 0.25) is 0 Å². The number of nitrogens with one attached hydrogen (secondary N) is 1. The van der Waals surface area contributed by atoms with Crippen molar-refractivity contribution in [3.63, 3.8) is 0 Å². The molecule has 0 saturated heterocycles. The van der Waals surface area contributed by atoms with Gasteiger partial charge in [-0.15, -0.1) is 0 Å². The summed E-state index contributed by atoms with van der Waals surface area (Å²) in [5, 5.41) is 4.08. The number of benzene rings is 1. The van der Waals surface area contributed by atoms with Crippen LogP contribution in [0.5, 0.6) is 0 Å². The lowest BCUT2D eigenvalue weighted by Crippen LogP contribution is -2.37. The number of carbonyl (C=O) groups is 1. The largest absolute Gasteiger partial charge is 0.469 e. The highest BCUT2D eigenvalue weighted by Gasteiger charge is 2.19. The zero-order valence-corrected chi connectivity index (χ0v) is 11.8. The maximum absolute atomic E-state index is 11.3. The molecule has 0 aromatic heterocycles. The summed E-state index contributed by atoms with van der Waals surface area (Å²) in [5.41, 5.74) is 1.23. The predicted octanol–water partition coefficient (Wildman–Crippen LogP) is 2.67. The summed E-state index contributed by atoms with van der Waals surface area (Å²) in [7, 11) is 1.42. The highest BCUT2D eigenvalue weighted by molar-refractivity contribution is 6.30. The molecular weight excluding hydrogens is 250 g/mol. The summed E-state index contributed by atoms with van der Waals surface area (Å²) < 4.78 is 4.72. The first-order chi connectivity index (χ1) is 8.54. The molecule has 0 saturated carbocycles. The lowest BCUT2D eigenvalue weighted by atomic mass is 10.0. The molecule has 1 aromatic rings. The second kappa shape index (κ2) is 7.39. The third-order valence-electron chi connectivity index (χ3n) is 3.12. The standard InChI is InChI=1S/C14H20ClNO2/c1-10(14(17)18-3)11(2)16-9-8-12-4-6-13(15)7-5-12/h4-7,10-11,16H,8-9H2,1-3H3. The Labute approximate surface area is 113 Å². The molecule has 0 fully saturated rings. The van der Waals surface area contributed by atoms with E-state index in [0.717, 1.165) is 18.0 Å². The van der Waals surface area contributed by atoms with Crippen LogP contribution >= 0.6 is 11.6 Å². The van der Waals surface area contributed by atoms with E-state index in [-0.39, 0.29) is 17.9 Å². The van der Waals surface area contributed by atoms with Crippen molar-refractivity contribution in [3.8, 4) is 0 Å². The summed E-state index contributed by atoms with van der Waals surface area (Å²) in [4.78, 5) is 11.3. The smallest absolute Gasteiger partial charge is 0.309 e. The molecule has 0 spiro atoms. The molecule has 1 aromatic carbocycles. The molecule has 4 heteroatoms. The van der Waals surface area contributed by atoms with Crippen LogP contribution in [0, 0.1) is 5.92 Å². The van der Waals surface area contributed by atoms with Gasteiger partial charge in [0.05, 0.1) is 13.0 Å². The number of ether oxygens (including phenoxy) is 1. The Bertz CT molecular complexity index is 378. The first kappa shape index (κ1) is 15.0. The molecule has 3 nitrogen and oxygen atoms in total. The molecule has 0 radical (unpaired) electrons. The van der Waals surface area contributed by atoms with Gasteiger partial charge < -0.3 is 10.1 Å². The molecule has 18 heavy (non-hydrogen) atoms. The van der Waals surface area contributed by atoms with E-state index in [1.54, 1.807) is 0 Å². The molecule has 0 heterocycles. The highest BCUT2D eigenvalue weighted by atomic mass is 35.5. The maximum Gasteiger partial charge on any atom is 0.309 e. The predicted molar refractivity (Wildman–Crippen MR) is 73.8 cm³/mol. The third-order valence-corrected chi connectivity index (χ3v) is 3.37. The first-order valence-corrected chi connectivity index (χ1v) is 6.48. The van der Waals surface area contributed by atoms with E-state index >= 15 is 0 Å². The van der Waals surface area contributed by atoms with E-state index in [2.05, 4.69) is 5.32 Å². The van der Waals surface area contributed by atoms with Gasteiger partial charge in [0.25, 0.3) is 0 Å². The SMILES string of the molecule is COC(=O)C(C)C(C)NCCc1ccc(Cl)cc1. The molecule has 1 N–H and O–H groups in total. The van der Waals surface area contributed by atoms with Crippen molar-refractivity contribution >= 4 is 17.6 Å². The Morgan fingerprint density at radius 1 is 1.33 bits per heavy atom. The minimum Gasteiger partial charge on any atom is -0.469 e. The monoisotopic (exact) mass is 269 g/mol. The van der Waals surface area contributed by atoms with E-state index < -0.39 is 0 Å². The van der Waals surface area contributed by atoms with Gasteiger partial charge in [-0.1, -0.05) is 30.7 Å². The van der Waals surface area contributed by atoms with Crippen LogP contribution in [-0.4, -0.2) is 25.7 Å². The number of esters is 1. The van der Waals surface area contributed by atoms with Gasteiger partial charge >= 0.3 is 5.97 Å². The fourth-order valence-corrected chi connectivity index (χ4v) is 1.79. The van der Waals surface area contributed by atoms with Crippen molar-refractivity contribution in [3.05, 3.63) is 34.9 Å². The molecule has 2 unspecified atom stereocenters. The van der Waals surface area contributed by atoms with Crippen LogP contribution in [0.4, 0.5) is 0 Å². The zero-order chi connectivity index (χ0) is 13.5. The number of hydrogen-bond donors (Lipinski definition) is 1. The average molecular weight is 270 g/mol. The lowest BCUT2D eigenvalue weighted by Gasteiger charge is -2.19. The minimum atomic E-state index is -0.179. The number of hydrogen-bond acceptors (Lipinski definition) is 3. The number of rotatable bonds is 6. The van der Waals surface area contributed by atoms with Crippen molar-refractivity contribution in [1.82, 2.24) is 5.32 Å². The van der Waals surface area contributed by atoms with Gasteiger partial charge in [0.1, 0.15) is 0 Å². The second-order valence-electron chi connectivity index (χ2n) is 4.43. The van der Waals surface area contributed by atoms with Crippen molar-refractivity contribution in [2.24, 2.45) is 5.92 Å². The first-order valence-electron chi connectivity index (χ1n) is 6.10. The maximum atomic E-state index is 11.3. The summed E-state index contributed by atoms with van der Waals surface area (Å²) in [5.74, 6) is -0.318. The molecule has 0 amide bonds. The molecule has 0 bridgehead atoms. The summed E-state index contributed by atoms with van der Waals surface area (Å²) in [6.07, 6.45) is 0.912. The topological polar surface area (TPSA) is 38.3 Å². The molecule has 0 aliphatic heterocycles. The fraction of sp³-hybridized carbons (Fsp3) is 0.500. The Morgan fingerprint density at radius 2 is 1.94 bits per heavy atom. The van der Waals surface area contributed by atoms with Crippen LogP contribution in [0.3, 0.4) is 0 Å². The molecule has 1 rings (SSSR count). The van der Waals surface area contributed by atoms with Crippen molar-refractivity contribution in [2.45, 2.75) is 26.3 Å². The fourth-order valence-electron chi connectivity index (χ4n) is 1.66. The van der Waals surface area contributed by atoms with Crippen molar-refractivity contribution < 1.29 is 9.53 Å². The molecule has 0 aliphatic rings. The summed E-state index contributed by atoms with van der Waals surface area (Å²) >= 11 is 5.82. The van der Waals surface area contributed by atoms with Gasteiger partial charge in [-0.05, 0) is 37.6 Å². The van der Waals surface area contributed by atoms with E-state index in [1.165, 1.54) is 12.7 Å². The third kappa shape index (κ3) is 4.67. The molecule has 2 atom stereocenters. The molecule has 0 aliphatic carbocycles. The van der Waals surface area contributed by atoms with E-state index in [9.17, 15) is 4.79 Å². The van der Waals surface area contributed by atoms with E-state index in [4.69, 9.17) is 16.3 Å². The number of halogens is 1. The van der Waals surface area contributed by atoms with Crippen molar-refractivity contribution in [2.75, 3.05) is 13.7 Å². The quantitative estimate of drug-likeness (QED) is 0.807. The second-order valence-corrected chi connectivity index (χ2v) is 4.87. The van der Waals surface area contributed by atoms with Crippen LogP contribution in [0.2, 0.25) is 5.02 Å². The minimum absolute atomic E-state index is 0.102. The van der Waals surface area contributed by atoms with Crippen LogP contribution < -0.4 is 5.32 Å². The normalized spacial score (nSPS) is 14.0. The van der Waals surface area contributed by atoms with E-state index in [1.807, 2.05) is 38.1 Å². The molecular formula is C14H20ClNO2. The van der Waals surface area contributed by atoms with Gasteiger partial charge in [-0.25, -0.2) is 0 Å². The Balaban J connectivity index is 2.33. The van der Waals surface area contributed by atoms with Gasteiger partial charge in [0, 0.05) is 11.1 Å². The van der Waals surface area contributed by atoms with E-state index in [0.29, 0.717) is 0 Å². The zero-order valence-electron chi connectivity index (χ0n) is 11.1. The van der Waals surface area contributed by atoms with Crippen LogP contribution in [0.1, 0.15) is 19.4 Å². The van der Waals surface area contributed by atoms with Crippen LogP contribution in [-0.2, 0) is 16.0 Å². The van der Waals surface area contributed by atoms with Crippen LogP contribution in [0.25, 0.3) is 0 Å². The molecule has 100 valence electrons. The number of carbonyl (C=O) groups excluding carboxylic acids is 1. The summed E-state index contributed by atoms with van der Waals surface area (Å²) in [6.45, 7) is 4.68. The Kier molecular flexibility index (Phi) is 6.16. The average Bonchev–Trinajstić information content (AvgIpc) is 2.39.